The molecule has 6 nitrogen and oxygen atoms in total. The van der Waals surface area contributed by atoms with Crippen molar-refractivity contribution in [2.75, 3.05) is 20.2 Å². The van der Waals surface area contributed by atoms with E-state index in [9.17, 15) is 0 Å². The molecule has 0 saturated carbocycles. The molecular weight excluding hydrogens is 463 g/mol. The molecule has 0 amide bonds. The van der Waals surface area contributed by atoms with Crippen LogP contribution in [-0.2, 0) is 6.54 Å². The Bertz CT molecular complexity index is 693. The molecule has 0 fully saturated rings. The number of hydrogen-bond acceptors (Lipinski definition) is 5. The van der Waals surface area contributed by atoms with Crippen LogP contribution in [0.3, 0.4) is 0 Å². The van der Waals surface area contributed by atoms with Gasteiger partial charge in [0.05, 0.1) is 31.4 Å². The lowest BCUT2D eigenvalue weighted by molar-refractivity contribution is 0.213. The number of methoxy groups -OCH3 is 1. The molecule has 2 N–H and O–H groups in total. The Balaban J connectivity index is 0.00000338. The maximum atomic E-state index is 5.96. The number of rotatable bonds is 8. The van der Waals surface area contributed by atoms with E-state index in [2.05, 4.69) is 20.6 Å². The van der Waals surface area contributed by atoms with E-state index in [0.29, 0.717) is 13.1 Å². The van der Waals surface area contributed by atoms with E-state index in [4.69, 9.17) is 9.47 Å². The lowest BCUT2D eigenvalue weighted by Crippen LogP contribution is -2.41. The molecule has 0 aliphatic heterocycles. The first-order chi connectivity index (χ1) is 12.1. The molecule has 1 heterocycles. The van der Waals surface area contributed by atoms with Gasteiger partial charge in [0, 0.05) is 11.4 Å². The molecule has 2 rings (SSSR count). The highest BCUT2D eigenvalue weighted by Crippen LogP contribution is 2.26. The standard InChI is InChI=1S/C18H26N4O2S.HI/c1-5-19-18(21-11-17-14(3)22-12-25-17)20-10-13(2)24-16-9-7-6-8-15(16)23-4;/h6-9,12-13H,5,10-11H2,1-4H3,(H2,19,20,21);1H. The average Bonchev–Trinajstić information content (AvgIpc) is 3.03. The summed E-state index contributed by atoms with van der Waals surface area (Å²) in [6.45, 7) is 8.11. The largest absolute Gasteiger partial charge is 0.493 e. The van der Waals surface area contributed by atoms with Crippen LogP contribution in [0.1, 0.15) is 24.4 Å². The lowest BCUT2D eigenvalue weighted by Gasteiger charge is -2.19. The summed E-state index contributed by atoms with van der Waals surface area (Å²) in [5.74, 6) is 2.24. The van der Waals surface area contributed by atoms with Gasteiger partial charge in [-0.1, -0.05) is 12.1 Å². The molecule has 1 atom stereocenters. The van der Waals surface area contributed by atoms with Crippen molar-refractivity contribution in [3.05, 3.63) is 40.3 Å². The quantitative estimate of drug-likeness (QED) is 0.336. The molecule has 1 aromatic carbocycles. The monoisotopic (exact) mass is 490 g/mol. The van der Waals surface area contributed by atoms with Crippen molar-refractivity contribution in [2.45, 2.75) is 33.4 Å². The van der Waals surface area contributed by atoms with Gasteiger partial charge in [-0.05, 0) is 32.9 Å². The van der Waals surface area contributed by atoms with Gasteiger partial charge in [-0.15, -0.1) is 35.3 Å². The summed E-state index contributed by atoms with van der Waals surface area (Å²) in [6, 6.07) is 7.65. The molecule has 0 aliphatic carbocycles. The van der Waals surface area contributed by atoms with Crippen molar-refractivity contribution in [1.29, 1.82) is 0 Å². The Morgan fingerprint density at radius 2 is 2.00 bits per heavy atom. The first-order valence-electron chi connectivity index (χ1n) is 8.34. The number of benzene rings is 1. The summed E-state index contributed by atoms with van der Waals surface area (Å²) in [6.07, 6.45) is -0.0368. The molecular formula is C18H27IN4O2S. The number of para-hydroxylation sites is 2. The Hall–Kier alpha value is -1.55. The van der Waals surface area contributed by atoms with E-state index < -0.39 is 0 Å². The first-order valence-corrected chi connectivity index (χ1v) is 9.22. The van der Waals surface area contributed by atoms with Crippen molar-refractivity contribution in [3.63, 3.8) is 0 Å². The van der Waals surface area contributed by atoms with Crippen LogP contribution in [0.2, 0.25) is 0 Å². The highest BCUT2D eigenvalue weighted by atomic mass is 127. The normalized spacial score (nSPS) is 12.1. The summed E-state index contributed by atoms with van der Waals surface area (Å²) in [4.78, 5) is 10.0. The molecule has 1 unspecified atom stereocenters. The third-order valence-electron chi connectivity index (χ3n) is 3.52. The van der Waals surface area contributed by atoms with Crippen molar-refractivity contribution in [3.8, 4) is 11.5 Å². The Morgan fingerprint density at radius 1 is 1.27 bits per heavy atom. The number of halogens is 1. The topological polar surface area (TPSA) is 67.8 Å². The molecule has 8 heteroatoms. The van der Waals surface area contributed by atoms with Crippen molar-refractivity contribution < 1.29 is 9.47 Å². The van der Waals surface area contributed by atoms with Crippen LogP contribution in [0.15, 0.2) is 34.8 Å². The van der Waals surface area contributed by atoms with Crippen molar-refractivity contribution in [1.82, 2.24) is 15.6 Å². The molecule has 26 heavy (non-hydrogen) atoms. The maximum absolute atomic E-state index is 5.96. The van der Waals surface area contributed by atoms with Gasteiger partial charge in [-0.2, -0.15) is 0 Å². The number of thiazole rings is 1. The van der Waals surface area contributed by atoms with Gasteiger partial charge in [-0.25, -0.2) is 9.98 Å². The summed E-state index contributed by atoms with van der Waals surface area (Å²) >= 11 is 1.63. The van der Waals surface area contributed by atoms with Gasteiger partial charge in [0.15, 0.2) is 17.5 Å². The second-order valence-corrected chi connectivity index (χ2v) is 6.46. The molecule has 0 radical (unpaired) electrons. The number of nitrogens with zero attached hydrogens (tertiary/aromatic N) is 2. The molecule has 144 valence electrons. The van der Waals surface area contributed by atoms with E-state index in [1.54, 1.807) is 18.4 Å². The van der Waals surface area contributed by atoms with Gasteiger partial charge in [0.2, 0.25) is 0 Å². The highest BCUT2D eigenvalue weighted by molar-refractivity contribution is 14.0. The molecule has 2 aromatic rings. The number of guanidine groups is 1. The van der Waals surface area contributed by atoms with Gasteiger partial charge in [0.1, 0.15) is 6.10 Å². The molecule has 0 bridgehead atoms. The predicted molar refractivity (Wildman–Crippen MR) is 118 cm³/mol. The number of aryl methyl sites for hydroxylation is 1. The third-order valence-corrected chi connectivity index (χ3v) is 4.44. The Morgan fingerprint density at radius 3 is 2.62 bits per heavy atom. The van der Waals surface area contributed by atoms with Gasteiger partial charge < -0.3 is 20.1 Å². The van der Waals surface area contributed by atoms with E-state index in [1.807, 2.05) is 50.5 Å². The van der Waals surface area contributed by atoms with E-state index in [-0.39, 0.29) is 30.1 Å². The van der Waals surface area contributed by atoms with Gasteiger partial charge >= 0.3 is 0 Å². The number of ether oxygens (including phenoxy) is 2. The highest BCUT2D eigenvalue weighted by Gasteiger charge is 2.09. The second kappa shape index (κ2) is 11.9. The van der Waals surface area contributed by atoms with Gasteiger partial charge in [0.25, 0.3) is 0 Å². The fourth-order valence-corrected chi connectivity index (χ4v) is 2.89. The first kappa shape index (κ1) is 22.5. The van der Waals surface area contributed by atoms with Crippen LogP contribution < -0.4 is 20.1 Å². The summed E-state index contributed by atoms with van der Waals surface area (Å²) < 4.78 is 11.3. The van der Waals surface area contributed by atoms with Crippen LogP contribution >= 0.6 is 35.3 Å². The van der Waals surface area contributed by atoms with Crippen LogP contribution in [0.4, 0.5) is 0 Å². The zero-order valence-corrected chi connectivity index (χ0v) is 18.8. The summed E-state index contributed by atoms with van der Waals surface area (Å²) in [7, 11) is 1.64. The Labute approximate surface area is 176 Å². The zero-order valence-electron chi connectivity index (χ0n) is 15.6. The smallest absolute Gasteiger partial charge is 0.191 e. The van der Waals surface area contributed by atoms with Crippen LogP contribution in [-0.4, -0.2) is 37.2 Å². The maximum Gasteiger partial charge on any atom is 0.191 e. The van der Waals surface area contributed by atoms with Crippen LogP contribution in [0.25, 0.3) is 0 Å². The van der Waals surface area contributed by atoms with Crippen LogP contribution in [0.5, 0.6) is 11.5 Å². The number of aliphatic imine (C=N–C) groups is 1. The van der Waals surface area contributed by atoms with Crippen molar-refractivity contribution >= 4 is 41.3 Å². The fraction of sp³-hybridized carbons (Fsp3) is 0.444. The third kappa shape index (κ3) is 6.99. The molecule has 1 aromatic heterocycles. The van der Waals surface area contributed by atoms with E-state index >= 15 is 0 Å². The predicted octanol–water partition coefficient (Wildman–Crippen LogP) is 3.60. The SMILES string of the molecule is CCNC(=NCc1scnc1C)NCC(C)Oc1ccccc1OC.I. The lowest BCUT2D eigenvalue weighted by atomic mass is 10.3. The minimum absolute atomic E-state index is 0. The number of hydrogen-bond donors (Lipinski definition) is 2. The Kier molecular flexibility index (Phi) is 10.3. The second-order valence-electron chi connectivity index (χ2n) is 5.52. The average molecular weight is 490 g/mol. The van der Waals surface area contributed by atoms with Gasteiger partial charge in [-0.3, -0.25) is 0 Å². The molecule has 0 aliphatic rings. The summed E-state index contributed by atoms with van der Waals surface area (Å²) in [5.41, 5.74) is 2.89. The number of aromatic nitrogens is 1. The molecule has 0 spiro atoms. The minimum Gasteiger partial charge on any atom is -0.493 e. The fourth-order valence-electron chi connectivity index (χ4n) is 2.19. The van der Waals surface area contributed by atoms with Crippen molar-refractivity contribution in [2.24, 2.45) is 4.99 Å². The zero-order chi connectivity index (χ0) is 18.1. The van der Waals surface area contributed by atoms with Crippen LogP contribution in [0, 0.1) is 6.92 Å². The summed E-state index contributed by atoms with van der Waals surface area (Å²) in [5, 5.41) is 6.57. The molecule has 0 saturated heterocycles. The number of nitrogens with one attached hydrogen (secondary N) is 2. The minimum atomic E-state index is -0.0368. The van der Waals surface area contributed by atoms with E-state index in [0.717, 1.165) is 29.7 Å². The van der Waals surface area contributed by atoms with E-state index in [1.165, 1.54) is 4.88 Å².